The molecule has 3 aromatic rings. The second-order valence-electron chi connectivity index (χ2n) is 16.7. The zero-order valence-corrected chi connectivity index (χ0v) is 36.3. The predicted octanol–water partition coefficient (Wildman–Crippen LogP) is 2.80. The van der Waals surface area contributed by atoms with Crippen molar-refractivity contribution in [2.24, 2.45) is 35.5 Å². The molecule has 3 aliphatic heterocycles. The van der Waals surface area contributed by atoms with Crippen molar-refractivity contribution in [2.75, 3.05) is 6.61 Å². The number of carboxylic acids is 2. The van der Waals surface area contributed by atoms with Crippen LogP contribution in [0.1, 0.15) is 81.4 Å². The van der Waals surface area contributed by atoms with Crippen molar-refractivity contribution in [3.8, 4) is 0 Å². The number of benzene rings is 3. The van der Waals surface area contributed by atoms with Crippen LogP contribution in [-0.4, -0.2) is 91.2 Å². The number of amides is 3. The number of nitrogens with zero attached hydrogens (tertiary/aromatic N) is 3. The molecular formula is C47H56LiN3O13. The summed E-state index contributed by atoms with van der Waals surface area (Å²) in [6.07, 6.45) is 5.91. The third-order valence-electron chi connectivity index (χ3n) is 12.9. The van der Waals surface area contributed by atoms with Gasteiger partial charge < -0.3 is 20.4 Å². The third-order valence-corrected chi connectivity index (χ3v) is 12.9. The summed E-state index contributed by atoms with van der Waals surface area (Å²) in [6.45, 7) is 3.20. The zero-order chi connectivity index (χ0) is 43.8. The number of aliphatic carboxylic acids is 2. The molecular weight excluding hydrogens is 821 g/mol. The van der Waals surface area contributed by atoms with Crippen LogP contribution in [0.4, 0.5) is 0 Å². The molecule has 0 radical (unpaired) electrons. The first-order valence-corrected chi connectivity index (χ1v) is 21.7. The van der Waals surface area contributed by atoms with E-state index in [1.165, 1.54) is 15.2 Å². The molecule has 3 saturated heterocycles. The Labute approximate surface area is 384 Å². The smallest absolute Gasteiger partial charge is 0.870 e. The molecule has 3 unspecified atom stereocenters. The van der Waals surface area contributed by atoms with Gasteiger partial charge in [0.1, 0.15) is 19.8 Å². The first-order valence-electron chi connectivity index (χ1n) is 21.7. The minimum atomic E-state index is -0.869. The van der Waals surface area contributed by atoms with E-state index in [0.29, 0.717) is 77.8 Å². The van der Waals surface area contributed by atoms with Crippen molar-refractivity contribution in [2.45, 2.75) is 103 Å². The number of hydrogen-bond donors (Lipinski definition) is 2. The number of hydroxylamine groups is 6. The second-order valence-corrected chi connectivity index (χ2v) is 16.7. The van der Waals surface area contributed by atoms with Crippen molar-refractivity contribution < 1.29 is 82.6 Å². The molecule has 3 aliphatic carbocycles. The molecule has 17 heteroatoms. The number of hydrogen-bond acceptors (Lipinski definition) is 11. The summed E-state index contributed by atoms with van der Waals surface area (Å²) in [5, 5.41) is 22.6. The quantitative estimate of drug-likeness (QED) is 0.187. The van der Waals surface area contributed by atoms with Crippen molar-refractivity contribution in [3.63, 3.8) is 0 Å². The molecule has 3 saturated carbocycles. The van der Waals surface area contributed by atoms with Crippen LogP contribution in [0.15, 0.2) is 91.0 Å². The number of carbonyl (C=O) groups excluding carboxylic acids is 4. The summed E-state index contributed by atoms with van der Waals surface area (Å²) in [5.41, 5.74) is 3.02. The summed E-state index contributed by atoms with van der Waals surface area (Å²) >= 11 is 0. The molecule has 3 aromatic carbocycles. The molecule has 9 rings (SSSR count). The molecule has 6 bridgehead atoms. The molecule has 338 valence electrons. The second kappa shape index (κ2) is 23.2. The Morgan fingerprint density at radius 1 is 0.516 bits per heavy atom. The van der Waals surface area contributed by atoms with Crippen molar-refractivity contribution in [1.82, 2.24) is 15.2 Å². The van der Waals surface area contributed by atoms with E-state index in [1.807, 2.05) is 91.0 Å². The van der Waals surface area contributed by atoms with Gasteiger partial charge in [-0.05, 0) is 81.4 Å². The SMILES string of the molecule is CCOC(=O)[C@@H]1CC[C@@H]2CC1C(=O)N2OCc1ccccc1.O=C(O)[C@@H]1CC[C@@H]2CC1C(=O)N2OCc1ccccc1.O=C(O)[C@@H]1CC[C@@H]2CC1C(=O)N2OCc1ccccc1.[Li+].[OH-]. The van der Waals surface area contributed by atoms with E-state index in [2.05, 4.69) is 0 Å². The minimum absolute atomic E-state index is 0. The molecule has 0 aromatic heterocycles. The number of fused-ring (bicyclic) bond motifs is 6. The predicted molar refractivity (Wildman–Crippen MR) is 222 cm³/mol. The maximum absolute atomic E-state index is 12.5. The summed E-state index contributed by atoms with van der Waals surface area (Å²) < 4.78 is 5.09. The molecule has 3 N–H and O–H groups in total. The Bertz CT molecular complexity index is 1950. The van der Waals surface area contributed by atoms with Crippen LogP contribution >= 0.6 is 0 Å². The molecule has 3 amide bonds. The first-order chi connectivity index (χ1) is 30.0. The minimum Gasteiger partial charge on any atom is -0.870 e. The van der Waals surface area contributed by atoms with Crippen LogP contribution in [-0.2, 0) is 67.8 Å². The number of carboxylic acid groups (broad SMARTS) is 2. The summed E-state index contributed by atoms with van der Waals surface area (Å²) in [6, 6.07) is 29.2. The van der Waals surface area contributed by atoms with Crippen LogP contribution in [0.3, 0.4) is 0 Å². The summed E-state index contributed by atoms with van der Waals surface area (Å²) in [7, 11) is 0. The van der Waals surface area contributed by atoms with Gasteiger partial charge >= 0.3 is 36.8 Å². The van der Waals surface area contributed by atoms with E-state index in [1.54, 1.807) is 6.92 Å². The topological polar surface area (TPSA) is 220 Å². The summed E-state index contributed by atoms with van der Waals surface area (Å²) in [5.74, 6) is -4.93. The maximum atomic E-state index is 12.5. The monoisotopic (exact) mass is 877 g/mol. The largest absolute Gasteiger partial charge is 1.00 e. The van der Waals surface area contributed by atoms with Crippen LogP contribution in [0.25, 0.3) is 0 Å². The van der Waals surface area contributed by atoms with Crippen LogP contribution in [0.5, 0.6) is 0 Å². The fourth-order valence-electron chi connectivity index (χ4n) is 9.72. The van der Waals surface area contributed by atoms with E-state index >= 15 is 0 Å². The van der Waals surface area contributed by atoms with Gasteiger partial charge in [0.15, 0.2) is 0 Å². The molecule has 6 aliphatic rings. The van der Waals surface area contributed by atoms with Gasteiger partial charge in [-0.1, -0.05) is 91.0 Å². The molecule has 9 atom stereocenters. The number of ether oxygens (including phenoxy) is 1. The average Bonchev–Trinajstić information content (AvgIpc) is 3.78. The number of esters is 1. The normalized spacial score (nSPS) is 27.2. The Morgan fingerprint density at radius 3 is 1.11 bits per heavy atom. The molecule has 6 fully saturated rings. The van der Waals surface area contributed by atoms with Crippen molar-refractivity contribution in [3.05, 3.63) is 108 Å². The standard InChI is InChI=1S/C17H21NO4.2C15H17NO4.Li.H2O/c1-2-21-17(20)14-9-8-13-10-15(14)16(19)18(13)22-11-12-6-4-3-5-7-12;2*17-14-13-8-11(6-7-12(13)15(18)19)16(14)20-9-10-4-2-1-3-5-10;;/h3-7,13-15H,2,8-11H2,1H3;2*1-5,11-13H,6-9H2,(H,18,19);;1H2/q;;;+1;/p-1/t13-,14-,15?;2*11-,12-,13?;;/m111../s1. The Balaban J connectivity index is 0.000000178. The van der Waals surface area contributed by atoms with E-state index < -0.39 is 35.6 Å². The van der Waals surface area contributed by atoms with Crippen molar-refractivity contribution in [1.29, 1.82) is 0 Å². The van der Waals surface area contributed by atoms with Gasteiger partial charge in [-0.3, -0.25) is 43.3 Å². The van der Waals surface area contributed by atoms with Gasteiger partial charge in [-0.2, -0.15) is 0 Å². The maximum Gasteiger partial charge on any atom is 1.00 e. The number of rotatable bonds is 13. The van der Waals surface area contributed by atoms with Gasteiger partial charge in [0.05, 0.1) is 60.2 Å². The van der Waals surface area contributed by atoms with Crippen LogP contribution < -0.4 is 18.9 Å². The van der Waals surface area contributed by atoms with E-state index in [4.69, 9.17) is 29.5 Å². The van der Waals surface area contributed by atoms with Gasteiger partial charge in [0.25, 0.3) is 0 Å². The van der Waals surface area contributed by atoms with Gasteiger partial charge in [0.2, 0.25) is 17.7 Å². The number of carbonyl (C=O) groups is 6. The molecule has 64 heavy (non-hydrogen) atoms. The molecule has 0 spiro atoms. The Hall–Kier alpha value is -5.08. The Kier molecular flexibility index (Phi) is 18.1. The average molecular weight is 878 g/mol. The van der Waals surface area contributed by atoms with Gasteiger partial charge in [0, 0.05) is 0 Å². The van der Waals surface area contributed by atoms with E-state index in [0.717, 1.165) is 23.1 Å². The molecule has 3 heterocycles. The van der Waals surface area contributed by atoms with Crippen LogP contribution in [0.2, 0.25) is 0 Å². The fraction of sp³-hybridized carbons (Fsp3) is 0.489. The first kappa shape index (κ1) is 49.9. The van der Waals surface area contributed by atoms with Crippen molar-refractivity contribution >= 4 is 35.6 Å². The Morgan fingerprint density at radius 2 is 0.812 bits per heavy atom. The third kappa shape index (κ3) is 11.6. The van der Waals surface area contributed by atoms with Crippen LogP contribution in [0, 0.1) is 35.5 Å². The summed E-state index contributed by atoms with van der Waals surface area (Å²) in [4.78, 5) is 88.4. The van der Waals surface area contributed by atoms with Gasteiger partial charge in [-0.15, -0.1) is 0 Å². The van der Waals surface area contributed by atoms with Gasteiger partial charge in [-0.25, -0.2) is 15.2 Å². The van der Waals surface area contributed by atoms with E-state index in [-0.39, 0.29) is 78.0 Å². The van der Waals surface area contributed by atoms with E-state index in [9.17, 15) is 28.8 Å². The fourth-order valence-corrected chi connectivity index (χ4v) is 9.72. The zero-order valence-electron chi connectivity index (χ0n) is 36.3. The molecule has 16 nitrogen and oxygen atoms in total.